The van der Waals surface area contributed by atoms with E-state index in [1.807, 2.05) is 43.3 Å². The lowest BCUT2D eigenvalue weighted by Crippen LogP contribution is -2.40. The summed E-state index contributed by atoms with van der Waals surface area (Å²) in [5.41, 5.74) is 4.34. The van der Waals surface area contributed by atoms with Gasteiger partial charge in [0.25, 0.3) is 5.71 Å². The maximum atomic E-state index is 12.9. The molecule has 1 N–H and O–H groups in total. The second-order valence-corrected chi connectivity index (χ2v) is 8.79. The van der Waals surface area contributed by atoms with Crippen LogP contribution in [-0.2, 0) is 11.3 Å². The predicted octanol–water partition coefficient (Wildman–Crippen LogP) is 4.52. The van der Waals surface area contributed by atoms with E-state index in [1.165, 1.54) is 11.9 Å². The van der Waals surface area contributed by atoms with Crippen molar-refractivity contribution in [3.63, 3.8) is 0 Å². The number of hydrogen-bond donors (Lipinski definition) is 1. The minimum Gasteiger partial charge on any atom is -0.494 e. The van der Waals surface area contributed by atoms with Crippen LogP contribution in [0.5, 0.6) is 5.75 Å². The summed E-state index contributed by atoms with van der Waals surface area (Å²) in [5.74, 6) is 1.66. The van der Waals surface area contributed by atoms with Gasteiger partial charge in [0.2, 0.25) is 5.91 Å². The van der Waals surface area contributed by atoms with E-state index in [1.54, 1.807) is 0 Å². The Labute approximate surface area is 204 Å². The summed E-state index contributed by atoms with van der Waals surface area (Å²) in [7, 11) is 0. The molecule has 0 saturated carbocycles. The van der Waals surface area contributed by atoms with Gasteiger partial charge in [-0.1, -0.05) is 53.2 Å². The average molecular weight is 472 g/mol. The summed E-state index contributed by atoms with van der Waals surface area (Å²) in [4.78, 5) is 24.0. The van der Waals surface area contributed by atoms with Crippen molar-refractivity contribution in [1.82, 2.24) is 20.4 Å². The Morgan fingerprint density at radius 2 is 1.89 bits per heavy atom. The van der Waals surface area contributed by atoms with Crippen molar-refractivity contribution >= 4 is 22.8 Å². The third-order valence-corrected chi connectivity index (χ3v) is 6.47. The minimum atomic E-state index is -0.0399. The maximum absolute atomic E-state index is 12.9. The van der Waals surface area contributed by atoms with Gasteiger partial charge in [0.05, 0.1) is 6.61 Å². The fourth-order valence-electron chi connectivity index (χ4n) is 4.55. The van der Waals surface area contributed by atoms with Crippen LogP contribution in [0.2, 0.25) is 0 Å². The number of hydrogen-bond acceptors (Lipinski definition) is 7. The van der Waals surface area contributed by atoms with Crippen LogP contribution < -0.4 is 15.0 Å². The molecule has 0 atom stereocenters. The van der Waals surface area contributed by atoms with Gasteiger partial charge in [-0.25, -0.2) is 4.98 Å². The third-order valence-electron chi connectivity index (χ3n) is 6.47. The molecule has 1 amide bonds. The molecule has 8 heteroatoms. The topological polar surface area (TPSA) is 93.4 Å². The quantitative estimate of drug-likeness (QED) is 0.423. The number of amides is 1. The standard InChI is InChI=1S/C27H29N5O3/c1-3-34-22-7-5-4-6-21(22)16-28-26(33)20-12-14-32(15-13-20)25-23-24(19-10-8-18(2)9-11-19)31-35-27(23)30-17-29-25/h4-11,17,20H,3,12-16H2,1-2H3,(H,28,33). The lowest BCUT2D eigenvalue weighted by Gasteiger charge is -2.32. The summed E-state index contributed by atoms with van der Waals surface area (Å²) in [6.07, 6.45) is 3.00. The molecule has 1 fully saturated rings. The molecule has 1 aliphatic heterocycles. The molecule has 4 aromatic rings. The predicted molar refractivity (Wildman–Crippen MR) is 134 cm³/mol. The smallest absolute Gasteiger partial charge is 0.263 e. The van der Waals surface area contributed by atoms with Gasteiger partial charge in [0.15, 0.2) is 0 Å². The Bertz CT molecular complexity index is 1310. The van der Waals surface area contributed by atoms with Crippen LogP contribution in [0.25, 0.3) is 22.4 Å². The summed E-state index contributed by atoms with van der Waals surface area (Å²) in [5, 5.41) is 8.20. The number of carbonyl (C=O) groups excluding carboxylic acids is 1. The van der Waals surface area contributed by atoms with Crippen LogP contribution >= 0.6 is 0 Å². The van der Waals surface area contributed by atoms with Crippen molar-refractivity contribution in [3.05, 3.63) is 66.0 Å². The first-order valence-electron chi connectivity index (χ1n) is 12.0. The fourth-order valence-corrected chi connectivity index (χ4v) is 4.55. The van der Waals surface area contributed by atoms with E-state index in [0.29, 0.717) is 18.9 Å². The molecule has 0 bridgehead atoms. The Morgan fingerprint density at radius 1 is 1.11 bits per heavy atom. The number of nitrogens with one attached hydrogen (secondary N) is 1. The summed E-state index contributed by atoms with van der Waals surface area (Å²) < 4.78 is 11.2. The number of carbonyl (C=O) groups is 1. The Hall–Kier alpha value is -3.94. The number of anilines is 1. The molecule has 5 rings (SSSR count). The average Bonchev–Trinajstić information content (AvgIpc) is 3.33. The Kier molecular flexibility index (Phi) is 6.61. The van der Waals surface area contributed by atoms with E-state index in [9.17, 15) is 4.79 Å². The fraction of sp³-hybridized carbons (Fsp3) is 0.333. The lowest BCUT2D eigenvalue weighted by atomic mass is 9.95. The van der Waals surface area contributed by atoms with Crippen LogP contribution in [0.3, 0.4) is 0 Å². The van der Waals surface area contributed by atoms with E-state index in [4.69, 9.17) is 9.26 Å². The van der Waals surface area contributed by atoms with Gasteiger partial charge in [-0.2, -0.15) is 4.98 Å². The molecule has 8 nitrogen and oxygen atoms in total. The highest BCUT2D eigenvalue weighted by Crippen LogP contribution is 2.34. The molecule has 0 spiro atoms. The molecule has 2 aromatic heterocycles. The molecular formula is C27H29N5O3. The zero-order valence-electron chi connectivity index (χ0n) is 20.0. The normalized spacial score (nSPS) is 14.3. The third kappa shape index (κ3) is 4.82. The molecular weight excluding hydrogens is 442 g/mol. The molecule has 3 heterocycles. The molecule has 1 aliphatic rings. The number of aromatic nitrogens is 3. The second-order valence-electron chi connectivity index (χ2n) is 8.79. The van der Waals surface area contributed by atoms with E-state index in [-0.39, 0.29) is 11.8 Å². The number of fused-ring (bicyclic) bond motifs is 1. The zero-order chi connectivity index (χ0) is 24.2. The molecule has 0 unspecified atom stereocenters. The summed E-state index contributed by atoms with van der Waals surface area (Å²) in [6, 6.07) is 16.0. The van der Waals surface area contributed by atoms with Crippen LogP contribution in [0.15, 0.2) is 59.4 Å². The second kappa shape index (κ2) is 10.1. The van der Waals surface area contributed by atoms with Crippen molar-refractivity contribution in [2.24, 2.45) is 5.92 Å². The highest BCUT2D eigenvalue weighted by Gasteiger charge is 2.28. The number of rotatable bonds is 7. The summed E-state index contributed by atoms with van der Waals surface area (Å²) >= 11 is 0. The van der Waals surface area contributed by atoms with E-state index in [2.05, 4.69) is 44.4 Å². The molecule has 35 heavy (non-hydrogen) atoms. The zero-order valence-corrected chi connectivity index (χ0v) is 20.0. The van der Waals surface area contributed by atoms with Gasteiger partial charge < -0.3 is 19.5 Å². The maximum Gasteiger partial charge on any atom is 0.263 e. The first-order valence-corrected chi connectivity index (χ1v) is 12.0. The van der Waals surface area contributed by atoms with Gasteiger partial charge >= 0.3 is 0 Å². The van der Waals surface area contributed by atoms with Gasteiger partial charge in [-0.05, 0) is 32.8 Å². The molecule has 180 valence electrons. The number of para-hydroxylation sites is 1. The van der Waals surface area contributed by atoms with Gasteiger partial charge in [0.1, 0.15) is 29.0 Å². The minimum absolute atomic E-state index is 0.0399. The number of aryl methyl sites for hydroxylation is 1. The SMILES string of the molecule is CCOc1ccccc1CNC(=O)C1CCN(c2ncnc3onc(-c4ccc(C)cc4)c23)CC1. The first-order chi connectivity index (χ1) is 17.1. The van der Waals surface area contributed by atoms with Gasteiger partial charge in [-0.15, -0.1) is 0 Å². The number of benzene rings is 2. The summed E-state index contributed by atoms with van der Waals surface area (Å²) in [6.45, 7) is 6.51. The highest BCUT2D eigenvalue weighted by atomic mass is 16.5. The van der Waals surface area contributed by atoms with Crippen LogP contribution in [0.4, 0.5) is 5.82 Å². The van der Waals surface area contributed by atoms with Crippen molar-refractivity contribution in [2.75, 3.05) is 24.6 Å². The van der Waals surface area contributed by atoms with Crippen LogP contribution in [-0.4, -0.2) is 40.7 Å². The Morgan fingerprint density at radius 3 is 2.66 bits per heavy atom. The van der Waals surface area contributed by atoms with E-state index >= 15 is 0 Å². The molecule has 0 aliphatic carbocycles. The number of piperidine rings is 1. The van der Waals surface area contributed by atoms with Crippen molar-refractivity contribution < 1.29 is 14.1 Å². The van der Waals surface area contributed by atoms with E-state index in [0.717, 1.165) is 59.7 Å². The lowest BCUT2D eigenvalue weighted by molar-refractivity contribution is -0.125. The number of ether oxygens (including phenoxy) is 1. The van der Waals surface area contributed by atoms with Crippen LogP contribution in [0, 0.1) is 12.8 Å². The number of nitrogens with zero attached hydrogens (tertiary/aromatic N) is 4. The first kappa shape index (κ1) is 22.8. The Balaban J connectivity index is 1.27. The van der Waals surface area contributed by atoms with Crippen molar-refractivity contribution in [1.29, 1.82) is 0 Å². The molecule has 0 radical (unpaired) electrons. The molecule has 2 aromatic carbocycles. The van der Waals surface area contributed by atoms with Crippen molar-refractivity contribution in [3.8, 4) is 17.0 Å². The van der Waals surface area contributed by atoms with Gasteiger partial charge in [-0.3, -0.25) is 4.79 Å². The van der Waals surface area contributed by atoms with Crippen LogP contribution in [0.1, 0.15) is 30.9 Å². The van der Waals surface area contributed by atoms with Crippen molar-refractivity contribution in [2.45, 2.75) is 33.2 Å². The monoisotopic (exact) mass is 471 g/mol. The largest absolute Gasteiger partial charge is 0.494 e. The van der Waals surface area contributed by atoms with E-state index < -0.39 is 0 Å². The van der Waals surface area contributed by atoms with Gasteiger partial charge in [0, 0.05) is 36.7 Å². The molecule has 1 saturated heterocycles. The highest BCUT2D eigenvalue weighted by molar-refractivity contribution is 5.98.